The number of carbonyl (C=O) groups is 1. The molecule has 0 saturated carbocycles. The van der Waals surface area contributed by atoms with E-state index < -0.39 is 0 Å². The third-order valence-electron chi connectivity index (χ3n) is 5.68. The summed E-state index contributed by atoms with van der Waals surface area (Å²) in [5.74, 6) is 0.887. The molecule has 2 saturated heterocycles. The van der Waals surface area contributed by atoms with E-state index >= 15 is 0 Å². The molecule has 0 aromatic heterocycles. The van der Waals surface area contributed by atoms with Crippen molar-refractivity contribution in [2.75, 3.05) is 19.6 Å². The van der Waals surface area contributed by atoms with Crippen LogP contribution in [-0.2, 0) is 11.2 Å². The molecule has 2 aliphatic heterocycles. The fraction of sp³-hybridized carbons (Fsp3) is 0.619. The Morgan fingerprint density at radius 1 is 1.23 bits per heavy atom. The molecular formula is C21H31N3OS. The maximum Gasteiger partial charge on any atom is 0.242 e. The Balaban J connectivity index is 1.49. The van der Waals surface area contributed by atoms with Crippen molar-refractivity contribution in [2.45, 2.75) is 58.0 Å². The van der Waals surface area contributed by atoms with Crippen molar-refractivity contribution in [3.05, 3.63) is 35.9 Å². The van der Waals surface area contributed by atoms with E-state index in [0.29, 0.717) is 23.6 Å². The van der Waals surface area contributed by atoms with E-state index in [1.54, 1.807) is 0 Å². The fourth-order valence-electron chi connectivity index (χ4n) is 4.27. The van der Waals surface area contributed by atoms with E-state index in [1.165, 1.54) is 5.56 Å². The summed E-state index contributed by atoms with van der Waals surface area (Å²) in [4.78, 5) is 16.9. The number of carbonyl (C=O) groups excluding carboxylic acids is 1. The molecule has 142 valence electrons. The first-order valence-electron chi connectivity index (χ1n) is 9.74. The number of nitrogens with one attached hydrogen (secondary N) is 1. The number of likely N-dealkylation sites (tertiary alicyclic amines) is 1. The standard InChI is InChI=1S/C21H31N3OS/c1-16-14-21(2,3)22-20(26)24(16)15-19(25)23-11-9-18(10-12-23)13-17-7-5-4-6-8-17/h4-8,16,18H,9-15H2,1-3H3,(H,22,26)/t16-/m0/s1. The summed E-state index contributed by atoms with van der Waals surface area (Å²) in [5, 5.41) is 4.07. The predicted octanol–water partition coefficient (Wildman–Crippen LogP) is 3.22. The number of hydrogen-bond acceptors (Lipinski definition) is 2. The minimum Gasteiger partial charge on any atom is -0.358 e. The molecule has 1 amide bonds. The monoisotopic (exact) mass is 373 g/mol. The first-order chi connectivity index (χ1) is 12.3. The zero-order chi connectivity index (χ0) is 18.7. The lowest BCUT2D eigenvalue weighted by molar-refractivity contribution is -0.133. The van der Waals surface area contributed by atoms with E-state index in [0.717, 1.165) is 38.8 Å². The van der Waals surface area contributed by atoms with Gasteiger partial charge in [0.25, 0.3) is 0 Å². The highest BCUT2D eigenvalue weighted by Gasteiger charge is 2.35. The molecule has 1 aromatic rings. The van der Waals surface area contributed by atoms with E-state index in [-0.39, 0.29) is 11.4 Å². The van der Waals surface area contributed by atoms with Crippen LogP contribution in [0.3, 0.4) is 0 Å². The van der Waals surface area contributed by atoms with Crippen LogP contribution in [0.25, 0.3) is 0 Å². The van der Waals surface area contributed by atoms with Gasteiger partial charge in [-0.2, -0.15) is 0 Å². The highest BCUT2D eigenvalue weighted by Crippen LogP contribution is 2.24. The molecule has 1 aromatic carbocycles. The van der Waals surface area contributed by atoms with Gasteiger partial charge in [0.2, 0.25) is 5.91 Å². The molecule has 1 atom stereocenters. The Hall–Kier alpha value is -1.62. The zero-order valence-corrected chi connectivity index (χ0v) is 17.0. The number of benzene rings is 1. The van der Waals surface area contributed by atoms with Crippen LogP contribution in [0.4, 0.5) is 0 Å². The number of nitrogens with zero attached hydrogens (tertiary/aromatic N) is 2. The number of hydrogen-bond donors (Lipinski definition) is 1. The lowest BCUT2D eigenvalue weighted by Crippen LogP contribution is -2.62. The Bertz CT molecular complexity index is 638. The fourth-order valence-corrected chi connectivity index (χ4v) is 4.79. The molecule has 0 bridgehead atoms. The van der Waals surface area contributed by atoms with Crippen LogP contribution < -0.4 is 5.32 Å². The van der Waals surface area contributed by atoms with Crippen molar-refractivity contribution in [2.24, 2.45) is 5.92 Å². The largest absolute Gasteiger partial charge is 0.358 e. The van der Waals surface area contributed by atoms with E-state index in [4.69, 9.17) is 12.2 Å². The van der Waals surface area contributed by atoms with Gasteiger partial charge < -0.3 is 15.1 Å². The van der Waals surface area contributed by atoms with Gasteiger partial charge in [0.05, 0.1) is 6.54 Å². The second-order valence-corrected chi connectivity index (χ2v) is 8.90. The van der Waals surface area contributed by atoms with Crippen molar-refractivity contribution >= 4 is 23.2 Å². The van der Waals surface area contributed by atoms with E-state index in [2.05, 4.69) is 61.3 Å². The van der Waals surface area contributed by atoms with Gasteiger partial charge in [0, 0.05) is 24.7 Å². The molecule has 0 spiro atoms. The molecule has 3 rings (SSSR count). The SMILES string of the molecule is C[C@H]1CC(C)(C)NC(=S)N1CC(=O)N1CCC(Cc2ccccc2)CC1. The van der Waals surface area contributed by atoms with Crippen LogP contribution in [-0.4, -0.2) is 52.0 Å². The summed E-state index contributed by atoms with van der Waals surface area (Å²) in [6.45, 7) is 8.61. The Morgan fingerprint density at radius 2 is 1.88 bits per heavy atom. The van der Waals surface area contributed by atoms with Crippen molar-refractivity contribution in [3.8, 4) is 0 Å². The Kier molecular flexibility index (Phi) is 5.86. The molecule has 26 heavy (non-hydrogen) atoms. The minimum atomic E-state index is 0.00579. The molecule has 0 aliphatic carbocycles. The Labute approximate surface area is 162 Å². The topological polar surface area (TPSA) is 35.6 Å². The first kappa shape index (κ1) is 19.2. The third-order valence-corrected chi connectivity index (χ3v) is 6.02. The summed E-state index contributed by atoms with van der Waals surface area (Å²) >= 11 is 5.51. The van der Waals surface area contributed by atoms with Gasteiger partial charge in [-0.15, -0.1) is 0 Å². The van der Waals surface area contributed by atoms with Crippen molar-refractivity contribution in [1.29, 1.82) is 0 Å². The second kappa shape index (κ2) is 7.95. The number of amides is 1. The first-order valence-corrected chi connectivity index (χ1v) is 10.2. The van der Waals surface area contributed by atoms with Crippen LogP contribution in [0.1, 0.15) is 45.6 Å². The second-order valence-electron chi connectivity index (χ2n) is 8.51. The summed E-state index contributed by atoms with van der Waals surface area (Å²) in [7, 11) is 0. The van der Waals surface area contributed by atoms with Crippen LogP contribution in [0.5, 0.6) is 0 Å². The minimum absolute atomic E-state index is 0.00579. The molecule has 0 unspecified atom stereocenters. The quantitative estimate of drug-likeness (QED) is 0.822. The molecule has 5 heteroatoms. The zero-order valence-electron chi connectivity index (χ0n) is 16.2. The van der Waals surface area contributed by atoms with Gasteiger partial charge >= 0.3 is 0 Å². The van der Waals surface area contributed by atoms with Crippen molar-refractivity contribution < 1.29 is 4.79 Å². The molecule has 2 heterocycles. The van der Waals surface area contributed by atoms with E-state index in [1.807, 2.05) is 4.90 Å². The summed E-state index contributed by atoms with van der Waals surface area (Å²) in [6, 6.07) is 11.0. The predicted molar refractivity (Wildman–Crippen MR) is 110 cm³/mol. The average Bonchev–Trinajstić information content (AvgIpc) is 2.59. The van der Waals surface area contributed by atoms with Crippen molar-refractivity contribution in [3.63, 3.8) is 0 Å². The number of rotatable bonds is 4. The normalized spacial score (nSPS) is 23.7. The van der Waals surface area contributed by atoms with Crippen LogP contribution in [0, 0.1) is 5.92 Å². The van der Waals surface area contributed by atoms with Crippen LogP contribution in [0.2, 0.25) is 0 Å². The number of thiocarbonyl (C=S) groups is 1. The highest BCUT2D eigenvalue weighted by atomic mass is 32.1. The molecule has 1 N–H and O–H groups in total. The van der Waals surface area contributed by atoms with Crippen molar-refractivity contribution in [1.82, 2.24) is 15.1 Å². The molecular weight excluding hydrogens is 342 g/mol. The Morgan fingerprint density at radius 3 is 2.50 bits per heavy atom. The maximum absolute atomic E-state index is 12.8. The van der Waals surface area contributed by atoms with Gasteiger partial charge in [-0.25, -0.2) is 0 Å². The number of piperidine rings is 1. The molecule has 4 nitrogen and oxygen atoms in total. The maximum atomic E-state index is 12.8. The van der Waals surface area contributed by atoms with Crippen LogP contribution in [0.15, 0.2) is 30.3 Å². The lowest BCUT2D eigenvalue weighted by Gasteiger charge is -2.45. The third kappa shape index (κ3) is 4.76. The summed E-state index contributed by atoms with van der Waals surface area (Å²) in [5.41, 5.74) is 1.41. The molecule has 2 aliphatic rings. The van der Waals surface area contributed by atoms with Gasteiger partial charge in [-0.1, -0.05) is 30.3 Å². The van der Waals surface area contributed by atoms with Gasteiger partial charge in [0.1, 0.15) is 0 Å². The smallest absolute Gasteiger partial charge is 0.242 e. The van der Waals surface area contributed by atoms with E-state index in [9.17, 15) is 4.79 Å². The highest BCUT2D eigenvalue weighted by molar-refractivity contribution is 7.80. The van der Waals surface area contributed by atoms with Gasteiger partial charge in [0.15, 0.2) is 5.11 Å². The average molecular weight is 374 g/mol. The van der Waals surface area contributed by atoms with Gasteiger partial charge in [-0.05, 0) is 70.2 Å². The molecule has 2 fully saturated rings. The summed E-state index contributed by atoms with van der Waals surface area (Å²) < 4.78 is 0. The van der Waals surface area contributed by atoms with Gasteiger partial charge in [-0.3, -0.25) is 4.79 Å². The van der Waals surface area contributed by atoms with Crippen LogP contribution >= 0.6 is 12.2 Å². The summed E-state index contributed by atoms with van der Waals surface area (Å²) in [6.07, 6.45) is 4.28. The molecule has 0 radical (unpaired) electrons. The lowest BCUT2D eigenvalue weighted by atomic mass is 9.90.